The molecule has 1 unspecified atom stereocenters. The molecule has 0 saturated carbocycles. The Kier molecular flexibility index (Phi) is 4.61. The first-order valence-corrected chi connectivity index (χ1v) is 8.23. The van der Waals surface area contributed by atoms with Crippen molar-refractivity contribution in [1.29, 1.82) is 0 Å². The molecule has 0 bridgehead atoms. The molecule has 1 heterocycles. The van der Waals surface area contributed by atoms with E-state index in [1.807, 2.05) is 18.2 Å². The topological polar surface area (TPSA) is 21.3 Å². The quantitative estimate of drug-likeness (QED) is 0.862. The molecule has 1 fully saturated rings. The van der Waals surface area contributed by atoms with Gasteiger partial charge in [0.1, 0.15) is 12.4 Å². The van der Waals surface area contributed by atoms with Gasteiger partial charge in [-0.1, -0.05) is 36.4 Å². The smallest absolute Gasteiger partial charge is 0.136 e. The highest BCUT2D eigenvalue weighted by atomic mass is 79.9. The summed E-state index contributed by atoms with van der Waals surface area (Å²) in [6.07, 6.45) is 2.48. The third-order valence-electron chi connectivity index (χ3n) is 3.94. The minimum absolute atomic E-state index is 0.489. The normalized spacial score (nSPS) is 17.9. The number of ether oxygens (including phenoxy) is 1. The van der Waals surface area contributed by atoms with E-state index in [2.05, 4.69) is 52.4 Å². The van der Waals surface area contributed by atoms with Crippen LogP contribution in [-0.4, -0.2) is 6.54 Å². The van der Waals surface area contributed by atoms with Crippen molar-refractivity contribution in [2.75, 3.05) is 6.54 Å². The van der Waals surface area contributed by atoms with Crippen molar-refractivity contribution in [3.05, 3.63) is 63.6 Å². The fourth-order valence-electron chi connectivity index (χ4n) is 2.84. The number of rotatable bonds is 4. The second-order valence-electron chi connectivity index (χ2n) is 5.57. The van der Waals surface area contributed by atoms with Crippen LogP contribution >= 0.6 is 15.9 Å². The van der Waals surface area contributed by atoms with Gasteiger partial charge in [0.05, 0.1) is 4.47 Å². The van der Waals surface area contributed by atoms with Crippen LogP contribution in [0.15, 0.2) is 46.9 Å². The highest BCUT2D eigenvalue weighted by molar-refractivity contribution is 9.10. The van der Waals surface area contributed by atoms with Crippen molar-refractivity contribution in [3.8, 4) is 5.75 Å². The van der Waals surface area contributed by atoms with Crippen LogP contribution in [0.25, 0.3) is 0 Å². The molecule has 0 aliphatic carbocycles. The summed E-state index contributed by atoms with van der Waals surface area (Å²) in [5.41, 5.74) is 3.72. The number of hydrogen-bond acceptors (Lipinski definition) is 2. The molecule has 21 heavy (non-hydrogen) atoms. The number of halogens is 1. The van der Waals surface area contributed by atoms with E-state index in [9.17, 15) is 0 Å². The Balaban J connectivity index is 1.76. The molecule has 0 amide bonds. The highest BCUT2D eigenvalue weighted by Crippen LogP contribution is 2.34. The van der Waals surface area contributed by atoms with Crippen molar-refractivity contribution in [2.45, 2.75) is 32.4 Å². The zero-order chi connectivity index (χ0) is 14.7. The highest BCUT2D eigenvalue weighted by Gasteiger charge is 2.18. The molecule has 1 N–H and O–H groups in total. The Morgan fingerprint density at radius 3 is 2.71 bits per heavy atom. The van der Waals surface area contributed by atoms with E-state index < -0.39 is 0 Å². The number of benzene rings is 2. The van der Waals surface area contributed by atoms with E-state index in [-0.39, 0.29) is 0 Å². The Hall–Kier alpha value is -1.32. The van der Waals surface area contributed by atoms with Gasteiger partial charge >= 0.3 is 0 Å². The summed E-state index contributed by atoms with van der Waals surface area (Å²) in [6, 6.07) is 15.2. The fraction of sp³-hybridized carbons (Fsp3) is 0.333. The van der Waals surface area contributed by atoms with Crippen LogP contribution in [0.4, 0.5) is 0 Å². The summed E-state index contributed by atoms with van der Waals surface area (Å²) >= 11 is 3.67. The molecule has 3 heteroatoms. The largest absolute Gasteiger partial charge is 0.487 e. The van der Waals surface area contributed by atoms with Crippen molar-refractivity contribution in [1.82, 2.24) is 5.32 Å². The van der Waals surface area contributed by atoms with Crippen LogP contribution in [0, 0.1) is 6.92 Å². The lowest BCUT2D eigenvalue weighted by Crippen LogP contribution is -2.13. The zero-order valence-electron chi connectivity index (χ0n) is 12.2. The maximum atomic E-state index is 6.00. The molecule has 2 nitrogen and oxygen atoms in total. The van der Waals surface area contributed by atoms with Gasteiger partial charge < -0.3 is 10.1 Å². The lowest BCUT2D eigenvalue weighted by Gasteiger charge is -2.16. The van der Waals surface area contributed by atoms with Gasteiger partial charge in [0.25, 0.3) is 0 Å². The van der Waals surface area contributed by atoms with Gasteiger partial charge in [-0.3, -0.25) is 0 Å². The SMILES string of the molecule is Cc1cc(C2CCCN2)cc(Br)c1OCc1ccccc1. The average molecular weight is 346 g/mol. The van der Waals surface area contributed by atoms with Crippen LogP contribution in [0.5, 0.6) is 5.75 Å². The third kappa shape index (κ3) is 3.47. The van der Waals surface area contributed by atoms with E-state index in [0.29, 0.717) is 12.6 Å². The Bertz CT molecular complexity index is 583. The molecule has 0 aromatic heterocycles. The monoisotopic (exact) mass is 345 g/mol. The third-order valence-corrected chi connectivity index (χ3v) is 4.53. The standard InChI is InChI=1S/C18H20BrNO/c1-13-10-15(17-8-5-9-20-17)11-16(19)18(13)21-12-14-6-3-2-4-7-14/h2-4,6-7,10-11,17,20H,5,8-9,12H2,1H3. The number of nitrogens with one attached hydrogen (secondary N) is 1. The molecular weight excluding hydrogens is 326 g/mol. The number of hydrogen-bond donors (Lipinski definition) is 1. The van der Waals surface area contributed by atoms with Crippen molar-refractivity contribution < 1.29 is 4.74 Å². The van der Waals surface area contributed by atoms with Gasteiger partial charge in [0.2, 0.25) is 0 Å². The summed E-state index contributed by atoms with van der Waals surface area (Å²) < 4.78 is 7.05. The van der Waals surface area contributed by atoms with Gasteiger partial charge in [0, 0.05) is 6.04 Å². The lowest BCUT2D eigenvalue weighted by molar-refractivity contribution is 0.302. The lowest BCUT2D eigenvalue weighted by atomic mass is 10.0. The summed E-state index contributed by atoms with van der Waals surface area (Å²) in [7, 11) is 0. The molecule has 2 aromatic carbocycles. The fourth-order valence-corrected chi connectivity index (χ4v) is 3.53. The molecule has 2 aromatic rings. The maximum Gasteiger partial charge on any atom is 0.136 e. The molecule has 1 aliphatic heterocycles. The van der Waals surface area contributed by atoms with Gasteiger partial charge in [-0.2, -0.15) is 0 Å². The van der Waals surface area contributed by atoms with Crippen LogP contribution in [0.1, 0.15) is 35.6 Å². The number of aryl methyl sites for hydroxylation is 1. The predicted molar refractivity (Wildman–Crippen MR) is 89.6 cm³/mol. The Morgan fingerprint density at radius 2 is 2.05 bits per heavy atom. The molecule has 1 atom stereocenters. The minimum atomic E-state index is 0.489. The predicted octanol–water partition coefficient (Wildman–Crippen LogP) is 4.76. The van der Waals surface area contributed by atoms with Gasteiger partial charge in [-0.25, -0.2) is 0 Å². The van der Waals surface area contributed by atoms with E-state index >= 15 is 0 Å². The molecule has 3 rings (SSSR count). The first-order valence-electron chi connectivity index (χ1n) is 7.44. The van der Waals surface area contributed by atoms with Crippen molar-refractivity contribution in [3.63, 3.8) is 0 Å². The summed E-state index contributed by atoms with van der Waals surface area (Å²) in [5, 5.41) is 3.54. The second kappa shape index (κ2) is 6.63. The minimum Gasteiger partial charge on any atom is -0.487 e. The van der Waals surface area contributed by atoms with Crippen LogP contribution in [0.3, 0.4) is 0 Å². The first-order chi connectivity index (χ1) is 10.2. The van der Waals surface area contributed by atoms with E-state index in [4.69, 9.17) is 4.74 Å². The van der Waals surface area contributed by atoms with E-state index in [1.165, 1.54) is 29.5 Å². The first kappa shape index (κ1) is 14.6. The van der Waals surface area contributed by atoms with E-state index in [0.717, 1.165) is 16.8 Å². The Morgan fingerprint density at radius 1 is 1.24 bits per heavy atom. The van der Waals surface area contributed by atoms with Crippen LogP contribution in [-0.2, 0) is 6.61 Å². The molecule has 110 valence electrons. The van der Waals surface area contributed by atoms with Crippen molar-refractivity contribution in [2.24, 2.45) is 0 Å². The summed E-state index contributed by atoms with van der Waals surface area (Å²) in [5.74, 6) is 0.945. The van der Waals surface area contributed by atoms with Crippen LogP contribution in [0.2, 0.25) is 0 Å². The zero-order valence-corrected chi connectivity index (χ0v) is 13.8. The summed E-state index contributed by atoms with van der Waals surface area (Å²) in [6.45, 7) is 3.83. The molecule has 1 aliphatic rings. The van der Waals surface area contributed by atoms with Gasteiger partial charge in [-0.05, 0) is 65.0 Å². The van der Waals surface area contributed by atoms with E-state index in [1.54, 1.807) is 0 Å². The molecule has 1 saturated heterocycles. The molecular formula is C18H20BrNO. The molecule has 0 radical (unpaired) electrons. The average Bonchev–Trinajstić information content (AvgIpc) is 3.01. The second-order valence-corrected chi connectivity index (χ2v) is 6.43. The maximum absolute atomic E-state index is 6.00. The van der Waals surface area contributed by atoms with Crippen LogP contribution < -0.4 is 10.1 Å². The Labute approximate surface area is 134 Å². The van der Waals surface area contributed by atoms with Crippen molar-refractivity contribution >= 4 is 15.9 Å². The van der Waals surface area contributed by atoms with Gasteiger partial charge in [0.15, 0.2) is 0 Å². The van der Waals surface area contributed by atoms with Gasteiger partial charge in [-0.15, -0.1) is 0 Å². The molecule has 0 spiro atoms. The summed E-state index contributed by atoms with van der Waals surface area (Å²) in [4.78, 5) is 0.